The standard InChI is InChI=1S/C22H22N3O5/c1-16(27)23-10-12-24(13-11-23)21(28)9-8-18-5-3-7-20(25(29)30)22(18)19-6-2-4-17(14-19)15-26/h2-6,8-9,14,26H,10-13,15H2,1H3/b9-8+. The molecule has 8 heteroatoms. The average Bonchev–Trinajstić information content (AvgIpc) is 2.77. The molecular formula is C22H22N3O5. The van der Waals surface area contributed by atoms with Gasteiger partial charge in [-0.3, -0.25) is 19.7 Å². The van der Waals surface area contributed by atoms with Crippen LogP contribution >= 0.6 is 0 Å². The van der Waals surface area contributed by atoms with Crippen LogP contribution in [-0.4, -0.2) is 57.8 Å². The summed E-state index contributed by atoms with van der Waals surface area (Å²) in [6, 6.07) is 12.6. The van der Waals surface area contributed by atoms with Crippen molar-refractivity contribution in [3.05, 3.63) is 69.8 Å². The Morgan fingerprint density at radius 2 is 1.90 bits per heavy atom. The summed E-state index contributed by atoms with van der Waals surface area (Å²) in [4.78, 5) is 38.4. The SMILES string of the molecule is CC(=O)N1CCN(C(=O)/C=C/c2cc[c]c([N+](=O)[O-])c2-c2cccc(CO)c2)CC1. The molecule has 2 aromatic rings. The molecule has 1 saturated heterocycles. The summed E-state index contributed by atoms with van der Waals surface area (Å²) in [6.45, 7) is 3.17. The van der Waals surface area contributed by atoms with E-state index in [1.54, 1.807) is 46.2 Å². The van der Waals surface area contributed by atoms with Gasteiger partial charge in [0.15, 0.2) is 0 Å². The van der Waals surface area contributed by atoms with Gasteiger partial charge in [-0.2, -0.15) is 0 Å². The molecule has 1 heterocycles. The van der Waals surface area contributed by atoms with Gasteiger partial charge in [0, 0.05) is 39.2 Å². The minimum absolute atomic E-state index is 0.0137. The first-order valence-corrected chi connectivity index (χ1v) is 9.52. The summed E-state index contributed by atoms with van der Waals surface area (Å²) < 4.78 is 0. The number of rotatable bonds is 5. The number of carbonyl (C=O) groups is 2. The number of hydrogen-bond acceptors (Lipinski definition) is 5. The molecule has 1 radical (unpaired) electrons. The minimum Gasteiger partial charge on any atom is -0.392 e. The maximum absolute atomic E-state index is 12.6. The number of aliphatic hydroxyl groups excluding tert-OH is 1. The van der Waals surface area contributed by atoms with E-state index < -0.39 is 4.92 Å². The molecule has 2 aromatic carbocycles. The topological polar surface area (TPSA) is 104 Å². The molecular weight excluding hydrogens is 386 g/mol. The van der Waals surface area contributed by atoms with Crippen molar-refractivity contribution in [2.24, 2.45) is 0 Å². The Kier molecular flexibility index (Phi) is 6.58. The highest BCUT2D eigenvalue weighted by Crippen LogP contribution is 2.34. The van der Waals surface area contributed by atoms with Crippen LogP contribution in [0.5, 0.6) is 0 Å². The Bertz CT molecular complexity index is 994. The molecule has 2 amide bonds. The Balaban J connectivity index is 1.89. The van der Waals surface area contributed by atoms with Crippen molar-refractivity contribution >= 4 is 23.6 Å². The maximum atomic E-state index is 12.6. The van der Waals surface area contributed by atoms with Crippen molar-refractivity contribution in [1.82, 2.24) is 9.80 Å². The van der Waals surface area contributed by atoms with E-state index >= 15 is 0 Å². The van der Waals surface area contributed by atoms with E-state index in [-0.39, 0.29) is 24.1 Å². The van der Waals surface area contributed by atoms with Crippen LogP contribution in [0.1, 0.15) is 18.1 Å². The number of aliphatic hydroxyl groups is 1. The van der Waals surface area contributed by atoms with Crippen molar-refractivity contribution in [1.29, 1.82) is 0 Å². The lowest BCUT2D eigenvalue weighted by Crippen LogP contribution is -2.49. The van der Waals surface area contributed by atoms with Crippen LogP contribution in [0.15, 0.2) is 42.5 Å². The van der Waals surface area contributed by atoms with Gasteiger partial charge in [0.2, 0.25) is 11.8 Å². The molecule has 1 N–H and O–H groups in total. The Labute approximate surface area is 174 Å². The van der Waals surface area contributed by atoms with Crippen LogP contribution < -0.4 is 0 Å². The lowest BCUT2D eigenvalue weighted by molar-refractivity contribution is -0.384. The Hall–Kier alpha value is -3.52. The molecule has 1 aliphatic rings. The number of nitrogens with zero attached hydrogens (tertiary/aromatic N) is 3. The monoisotopic (exact) mass is 408 g/mol. The van der Waals surface area contributed by atoms with Gasteiger partial charge in [-0.1, -0.05) is 24.3 Å². The van der Waals surface area contributed by atoms with Crippen LogP contribution in [0.4, 0.5) is 5.69 Å². The summed E-state index contributed by atoms with van der Waals surface area (Å²) in [7, 11) is 0. The van der Waals surface area contributed by atoms with Crippen molar-refractivity contribution < 1.29 is 19.6 Å². The normalized spacial score (nSPS) is 14.2. The number of benzene rings is 2. The fourth-order valence-electron chi connectivity index (χ4n) is 3.42. The van der Waals surface area contributed by atoms with Gasteiger partial charge in [0.1, 0.15) is 0 Å². The molecule has 155 valence electrons. The van der Waals surface area contributed by atoms with Crippen LogP contribution in [0.25, 0.3) is 17.2 Å². The number of nitro benzene ring substituents is 1. The smallest absolute Gasteiger partial charge is 0.285 e. The largest absolute Gasteiger partial charge is 0.392 e. The maximum Gasteiger partial charge on any atom is 0.285 e. The first-order chi connectivity index (χ1) is 14.4. The Morgan fingerprint density at radius 1 is 1.20 bits per heavy atom. The molecule has 0 atom stereocenters. The zero-order valence-electron chi connectivity index (χ0n) is 16.6. The van der Waals surface area contributed by atoms with Crippen molar-refractivity contribution in [2.75, 3.05) is 26.2 Å². The van der Waals surface area contributed by atoms with E-state index in [1.807, 2.05) is 0 Å². The van der Waals surface area contributed by atoms with Gasteiger partial charge < -0.3 is 14.9 Å². The van der Waals surface area contributed by atoms with E-state index in [4.69, 9.17) is 0 Å². The first kappa shape index (κ1) is 21.2. The van der Waals surface area contributed by atoms with E-state index in [9.17, 15) is 24.8 Å². The van der Waals surface area contributed by atoms with Gasteiger partial charge in [-0.25, -0.2) is 0 Å². The molecule has 3 rings (SSSR count). The second-order valence-electron chi connectivity index (χ2n) is 6.94. The summed E-state index contributed by atoms with van der Waals surface area (Å²) in [5.74, 6) is -0.232. The molecule has 0 aliphatic carbocycles. The number of piperazine rings is 1. The van der Waals surface area contributed by atoms with Gasteiger partial charge in [-0.05, 0) is 34.9 Å². The minimum atomic E-state index is -0.513. The summed E-state index contributed by atoms with van der Waals surface area (Å²) in [5.41, 5.74) is 1.83. The van der Waals surface area contributed by atoms with Crippen LogP contribution in [0.2, 0.25) is 0 Å². The molecule has 0 bridgehead atoms. The third-order valence-corrected chi connectivity index (χ3v) is 5.03. The highest BCUT2D eigenvalue weighted by atomic mass is 16.6. The lowest BCUT2D eigenvalue weighted by Gasteiger charge is -2.33. The van der Waals surface area contributed by atoms with Crippen molar-refractivity contribution in [3.8, 4) is 11.1 Å². The van der Waals surface area contributed by atoms with Crippen LogP contribution in [0, 0.1) is 16.2 Å². The quantitative estimate of drug-likeness (QED) is 0.464. The predicted octanol–water partition coefficient (Wildman–Crippen LogP) is 2.26. The van der Waals surface area contributed by atoms with Crippen LogP contribution in [-0.2, 0) is 16.2 Å². The fourth-order valence-corrected chi connectivity index (χ4v) is 3.42. The van der Waals surface area contributed by atoms with Crippen molar-refractivity contribution in [3.63, 3.8) is 0 Å². The van der Waals surface area contributed by atoms with E-state index in [0.29, 0.717) is 48.4 Å². The van der Waals surface area contributed by atoms with Crippen molar-refractivity contribution in [2.45, 2.75) is 13.5 Å². The zero-order valence-corrected chi connectivity index (χ0v) is 16.6. The third-order valence-electron chi connectivity index (χ3n) is 5.03. The van der Waals surface area contributed by atoms with Gasteiger partial charge in [-0.15, -0.1) is 0 Å². The number of carbonyl (C=O) groups excluding carboxylic acids is 2. The highest BCUT2D eigenvalue weighted by molar-refractivity contribution is 5.94. The Morgan fingerprint density at radius 3 is 2.53 bits per heavy atom. The molecule has 1 fully saturated rings. The molecule has 0 saturated carbocycles. The highest BCUT2D eigenvalue weighted by Gasteiger charge is 2.22. The molecule has 1 aliphatic heterocycles. The summed E-state index contributed by atoms with van der Waals surface area (Å²) in [5, 5.41) is 21.0. The molecule has 8 nitrogen and oxygen atoms in total. The van der Waals surface area contributed by atoms with Gasteiger partial charge in [0.25, 0.3) is 5.69 Å². The molecule has 0 aromatic heterocycles. The molecule has 30 heavy (non-hydrogen) atoms. The van der Waals surface area contributed by atoms with Crippen LogP contribution in [0.3, 0.4) is 0 Å². The molecule has 0 unspecified atom stereocenters. The average molecular weight is 408 g/mol. The van der Waals surface area contributed by atoms with E-state index in [2.05, 4.69) is 6.07 Å². The number of hydrogen-bond donors (Lipinski definition) is 1. The second kappa shape index (κ2) is 9.32. The summed E-state index contributed by atoms with van der Waals surface area (Å²) in [6.07, 6.45) is 2.95. The van der Waals surface area contributed by atoms with Gasteiger partial charge in [0.05, 0.1) is 23.2 Å². The van der Waals surface area contributed by atoms with E-state index in [0.717, 1.165) is 0 Å². The second-order valence-corrected chi connectivity index (χ2v) is 6.94. The lowest BCUT2D eigenvalue weighted by atomic mass is 9.96. The van der Waals surface area contributed by atoms with E-state index in [1.165, 1.54) is 19.1 Å². The number of amides is 2. The van der Waals surface area contributed by atoms with Gasteiger partial charge >= 0.3 is 0 Å². The third kappa shape index (κ3) is 4.72. The summed E-state index contributed by atoms with van der Waals surface area (Å²) >= 11 is 0. The zero-order chi connectivity index (χ0) is 21.7. The first-order valence-electron chi connectivity index (χ1n) is 9.52. The fraction of sp³-hybridized carbons (Fsp3) is 0.273. The molecule has 0 spiro atoms. The number of nitro groups is 1. The predicted molar refractivity (Wildman–Crippen MR) is 111 cm³/mol.